The third kappa shape index (κ3) is 2.99. The number of hydrogen-bond donors (Lipinski definition) is 1. The van der Waals surface area contributed by atoms with Gasteiger partial charge in [-0.15, -0.1) is 0 Å². The molecule has 0 atom stereocenters. The van der Waals surface area contributed by atoms with Crippen LogP contribution in [0.25, 0.3) is 16.9 Å². The second-order valence-corrected chi connectivity index (χ2v) is 5.36. The van der Waals surface area contributed by atoms with Crippen LogP contribution in [0.2, 0.25) is 0 Å². The third-order valence-corrected chi connectivity index (χ3v) is 3.75. The lowest BCUT2D eigenvalue weighted by Crippen LogP contribution is -2.00. The number of nitrogens with one attached hydrogen (secondary N) is 1. The monoisotopic (exact) mass is 335 g/mol. The number of fused-ring (bicyclic) bond motifs is 1. The first kappa shape index (κ1) is 15.1. The molecule has 0 aliphatic rings. The molecule has 6 nitrogen and oxygen atoms in total. The average Bonchev–Trinajstić information content (AvgIpc) is 3.12. The summed E-state index contributed by atoms with van der Waals surface area (Å²) in [6, 6.07) is 10.5. The van der Waals surface area contributed by atoms with Crippen LogP contribution in [0.1, 0.15) is 0 Å². The second-order valence-electron chi connectivity index (χ2n) is 5.36. The Morgan fingerprint density at radius 3 is 2.64 bits per heavy atom. The van der Waals surface area contributed by atoms with Crippen LogP contribution in [0, 0.1) is 5.95 Å². The van der Waals surface area contributed by atoms with Gasteiger partial charge in [0.1, 0.15) is 5.75 Å². The Morgan fingerprint density at radius 1 is 1.08 bits per heavy atom. The summed E-state index contributed by atoms with van der Waals surface area (Å²) in [4.78, 5) is 12.6. The van der Waals surface area contributed by atoms with Crippen molar-refractivity contribution in [3.05, 3.63) is 67.1 Å². The van der Waals surface area contributed by atoms with Gasteiger partial charge in [-0.25, -0.2) is 15.0 Å². The molecule has 25 heavy (non-hydrogen) atoms. The van der Waals surface area contributed by atoms with Gasteiger partial charge in [0.15, 0.2) is 11.5 Å². The van der Waals surface area contributed by atoms with E-state index in [9.17, 15) is 4.39 Å². The molecule has 124 valence electrons. The molecule has 1 N–H and O–H groups in total. The minimum Gasteiger partial charge on any atom is -0.497 e. The van der Waals surface area contributed by atoms with Gasteiger partial charge in [0.2, 0.25) is 5.95 Å². The molecule has 0 fully saturated rings. The molecule has 0 saturated heterocycles. The first-order valence-corrected chi connectivity index (χ1v) is 7.59. The quantitative estimate of drug-likeness (QED) is 0.576. The van der Waals surface area contributed by atoms with E-state index in [0.717, 1.165) is 17.0 Å². The molecule has 0 unspecified atom stereocenters. The summed E-state index contributed by atoms with van der Waals surface area (Å²) in [6.45, 7) is 0. The van der Waals surface area contributed by atoms with E-state index in [0.29, 0.717) is 17.2 Å². The predicted molar refractivity (Wildman–Crippen MR) is 92.5 cm³/mol. The Kier molecular flexibility index (Phi) is 3.74. The Hall–Kier alpha value is -3.48. The molecule has 3 aromatic heterocycles. The van der Waals surface area contributed by atoms with Crippen molar-refractivity contribution in [2.75, 3.05) is 12.4 Å². The van der Waals surface area contributed by atoms with E-state index in [1.54, 1.807) is 19.4 Å². The maximum Gasteiger partial charge on any atom is 0.212 e. The number of pyridine rings is 1. The minimum absolute atomic E-state index is 0.524. The van der Waals surface area contributed by atoms with Crippen LogP contribution < -0.4 is 10.1 Å². The van der Waals surface area contributed by atoms with Crippen molar-refractivity contribution in [1.29, 1.82) is 0 Å². The van der Waals surface area contributed by atoms with Gasteiger partial charge in [-0.1, -0.05) is 0 Å². The minimum atomic E-state index is -0.524. The zero-order valence-electron chi connectivity index (χ0n) is 13.3. The van der Waals surface area contributed by atoms with Gasteiger partial charge in [0, 0.05) is 36.0 Å². The summed E-state index contributed by atoms with van der Waals surface area (Å²) in [5.74, 6) is 0.844. The number of hydrogen-bond acceptors (Lipinski definition) is 5. The lowest BCUT2D eigenvalue weighted by atomic mass is 10.2. The molecule has 0 spiro atoms. The largest absolute Gasteiger partial charge is 0.497 e. The van der Waals surface area contributed by atoms with Crippen LogP contribution in [-0.2, 0) is 0 Å². The van der Waals surface area contributed by atoms with Gasteiger partial charge in [-0.05, 0) is 36.4 Å². The van der Waals surface area contributed by atoms with Crippen molar-refractivity contribution in [2.24, 2.45) is 0 Å². The van der Waals surface area contributed by atoms with Crippen molar-refractivity contribution in [3.8, 4) is 17.0 Å². The predicted octanol–water partition coefficient (Wildman–Crippen LogP) is 3.68. The fraction of sp³-hybridized carbons (Fsp3) is 0.0556. The molecule has 0 aliphatic heterocycles. The number of imidazole rings is 1. The smallest absolute Gasteiger partial charge is 0.212 e. The molecule has 0 aliphatic carbocycles. The highest BCUT2D eigenvalue weighted by Crippen LogP contribution is 2.25. The van der Waals surface area contributed by atoms with Crippen LogP contribution in [0.3, 0.4) is 0 Å². The summed E-state index contributed by atoms with van der Waals surface area (Å²) in [5, 5.41) is 3.26. The standard InChI is InChI=1S/C18H14FN5O/c1-25-14-5-3-13(4-6-14)22-17-18-20-8-9-24(18)11-15(23-17)12-2-7-16(19)21-10-12/h2-11H,1H3,(H,22,23). The van der Waals surface area contributed by atoms with Crippen LogP contribution in [0.4, 0.5) is 15.9 Å². The van der Waals surface area contributed by atoms with E-state index in [-0.39, 0.29) is 0 Å². The Labute approximate surface area is 143 Å². The summed E-state index contributed by atoms with van der Waals surface area (Å²) < 4.78 is 20.1. The molecular formula is C18H14FN5O. The molecule has 3 heterocycles. The summed E-state index contributed by atoms with van der Waals surface area (Å²) in [7, 11) is 1.62. The van der Waals surface area contributed by atoms with Gasteiger partial charge in [0.05, 0.1) is 12.8 Å². The fourth-order valence-corrected chi connectivity index (χ4v) is 2.49. The maximum absolute atomic E-state index is 13.1. The Balaban J connectivity index is 1.76. The topological polar surface area (TPSA) is 64.3 Å². The van der Waals surface area contributed by atoms with E-state index in [1.807, 2.05) is 41.1 Å². The molecule has 0 radical (unpaired) electrons. The first-order chi connectivity index (χ1) is 12.2. The van der Waals surface area contributed by atoms with Gasteiger partial charge < -0.3 is 14.5 Å². The van der Waals surface area contributed by atoms with Gasteiger partial charge in [0.25, 0.3) is 0 Å². The lowest BCUT2D eigenvalue weighted by Gasteiger charge is -2.10. The number of rotatable bonds is 4. The fourth-order valence-electron chi connectivity index (χ4n) is 2.49. The number of benzene rings is 1. The zero-order chi connectivity index (χ0) is 17.2. The Morgan fingerprint density at radius 2 is 1.92 bits per heavy atom. The maximum atomic E-state index is 13.1. The number of aromatic nitrogens is 4. The molecule has 1 aromatic carbocycles. The number of halogens is 1. The summed E-state index contributed by atoms with van der Waals surface area (Å²) >= 11 is 0. The highest BCUT2D eigenvalue weighted by molar-refractivity contribution is 5.73. The van der Waals surface area contributed by atoms with Gasteiger partial charge in [-0.2, -0.15) is 4.39 Å². The van der Waals surface area contributed by atoms with E-state index in [1.165, 1.54) is 12.3 Å². The first-order valence-electron chi connectivity index (χ1n) is 7.59. The van der Waals surface area contributed by atoms with Crippen molar-refractivity contribution >= 4 is 17.2 Å². The van der Waals surface area contributed by atoms with Crippen molar-refractivity contribution in [3.63, 3.8) is 0 Å². The molecule has 0 saturated carbocycles. The number of anilines is 2. The number of ether oxygens (including phenoxy) is 1. The third-order valence-electron chi connectivity index (χ3n) is 3.75. The van der Waals surface area contributed by atoms with E-state index >= 15 is 0 Å². The van der Waals surface area contributed by atoms with Crippen molar-refractivity contribution < 1.29 is 9.13 Å². The molecular weight excluding hydrogens is 321 g/mol. The van der Waals surface area contributed by atoms with Gasteiger partial charge in [-0.3, -0.25) is 0 Å². The van der Waals surface area contributed by atoms with Crippen LogP contribution in [0.5, 0.6) is 5.75 Å². The van der Waals surface area contributed by atoms with Gasteiger partial charge >= 0.3 is 0 Å². The molecule has 0 bridgehead atoms. The highest BCUT2D eigenvalue weighted by atomic mass is 19.1. The average molecular weight is 335 g/mol. The second kappa shape index (κ2) is 6.20. The van der Waals surface area contributed by atoms with E-state index in [2.05, 4.69) is 20.3 Å². The van der Waals surface area contributed by atoms with Crippen molar-refractivity contribution in [2.45, 2.75) is 0 Å². The zero-order valence-corrected chi connectivity index (χ0v) is 13.3. The molecule has 4 rings (SSSR count). The SMILES string of the molecule is COc1ccc(Nc2nc(-c3ccc(F)nc3)cn3ccnc23)cc1. The normalized spacial score (nSPS) is 10.8. The van der Waals surface area contributed by atoms with E-state index in [4.69, 9.17) is 4.74 Å². The van der Waals surface area contributed by atoms with Crippen LogP contribution >= 0.6 is 0 Å². The lowest BCUT2D eigenvalue weighted by molar-refractivity contribution is 0.415. The number of methoxy groups -OCH3 is 1. The van der Waals surface area contributed by atoms with E-state index < -0.39 is 5.95 Å². The molecule has 0 amide bonds. The van der Waals surface area contributed by atoms with Crippen LogP contribution in [0.15, 0.2) is 61.2 Å². The molecule has 4 aromatic rings. The summed E-state index contributed by atoms with van der Waals surface area (Å²) in [5.41, 5.74) is 2.92. The van der Waals surface area contributed by atoms with Crippen molar-refractivity contribution in [1.82, 2.24) is 19.4 Å². The number of nitrogens with zero attached hydrogens (tertiary/aromatic N) is 4. The summed E-state index contributed by atoms with van der Waals surface area (Å²) in [6.07, 6.45) is 6.81. The van der Waals surface area contributed by atoms with Crippen LogP contribution in [-0.4, -0.2) is 26.5 Å². The Bertz CT molecular complexity index is 1010. The highest BCUT2D eigenvalue weighted by Gasteiger charge is 2.10. The molecule has 7 heteroatoms.